The third-order valence-electron chi connectivity index (χ3n) is 2.86. The molecule has 0 aliphatic carbocycles. The normalized spacial score (nSPS) is 11.3. The number of alkyl carbamates (subject to hydrolysis) is 1. The van der Waals surface area contributed by atoms with Crippen molar-refractivity contribution in [1.82, 2.24) is 10.6 Å². The molecule has 0 heterocycles. The van der Waals surface area contributed by atoms with Crippen molar-refractivity contribution >= 4 is 6.09 Å². The molecule has 1 aromatic carbocycles. The van der Waals surface area contributed by atoms with Crippen LogP contribution >= 0.6 is 0 Å². The fourth-order valence-corrected chi connectivity index (χ4v) is 1.87. The molecular weight excluding hydrogens is 280 g/mol. The third-order valence-corrected chi connectivity index (χ3v) is 2.86. The average molecular weight is 308 g/mol. The van der Waals surface area contributed by atoms with Crippen molar-refractivity contribution in [3.05, 3.63) is 35.4 Å². The van der Waals surface area contributed by atoms with Crippen molar-refractivity contribution in [1.29, 1.82) is 0 Å². The van der Waals surface area contributed by atoms with Gasteiger partial charge in [-0.2, -0.15) is 0 Å². The van der Waals surface area contributed by atoms with Crippen LogP contribution in [0, 0.1) is 0 Å². The van der Waals surface area contributed by atoms with Gasteiger partial charge in [-0.15, -0.1) is 0 Å². The summed E-state index contributed by atoms with van der Waals surface area (Å²) in [6.45, 7) is 8.47. The predicted molar refractivity (Wildman–Crippen MR) is 87.7 cm³/mol. The average Bonchev–Trinajstić information content (AvgIpc) is 2.43. The molecule has 0 aliphatic rings. The number of rotatable bonds is 8. The SMILES string of the molecule is COCc1ccc(CNCCCNC(=O)OC(C)(C)C)cc1. The Balaban J connectivity index is 2.09. The molecule has 0 aromatic heterocycles. The van der Waals surface area contributed by atoms with E-state index in [-0.39, 0.29) is 6.09 Å². The number of benzene rings is 1. The Morgan fingerprint density at radius 2 is 1.73 bits per heavy atom. The minimum Gasteiger partial charge on any atom is -0.444 e. The molecule has 0 aliphatic heterocycles. The first-order valence-electron chi connectivity index (χ1n) is 7.65. The van der Waals surface area contributed by atoms with Gasteiger partial charge in [0, 0.05) is 20.2 Å². The highest BCUT2D eigenvalue weighted by molar-refractivity contribution is 5.67. The Labute approximate surface area is 133 Å². The van der Waals surface area contributed by atoms with Crippen LogP contribution in [-0.4, -0.2) is 31.9 Å². The number of amides is 1. The van der Waals surface area contributed by atoms with Crippen LogP contribution in [0.2, 0.25) is 0 Å². The number of hydrogen-bond donors (Lipinski definition) is 2. The molecule has 1 aromatic rings. The minimum absolute atomic E-state index is 0.360. The maximum atomic E-state index is 11.4. The molecule has 2 N–H and O–H groups in total. The molecule has 5 nitrogen and oxygen atoms in total. The first-order chi connectivity index (χ1) is 10.4. The molecule has 0 unspecified atom stereocenters. The van der Waals surface area contributed by atoms with E-state index in [2.05, 4.69) is 34.9 Å². The highest BCUT2D eigenvalue weighted by atomic mass is 16.6. The fraction of sp³-hybridized carbons (Fsp3) is 0.588. The number of nitrogens with one attached hydrogen (secondary N) is 2. The van der Waals surface area contributed by atoms with Crippen molar-refractivity contribution in [2.24, 2.45) is 0 Å². The van der Waals surface area contributed by atoms with Crippen LogP contribution in [0.25, 0.3) is 0 Å². The Bertz CT molecular complexity index is 438. The monoisotopic (exact) mass is 308 g/mol. The van der Waals surface area contributed by atoms with Gasteiger partial charge in [0.15, 0.2) is 0 Å². The molecule has 0 saturated heterocycles. The highest BCUT2D eigenvalue weighted by Gasteiger charge is 2.15. The van der Waals surface area contributed by atoms with Gasteiger partial charge in [0.1, 0.15) is 5.60 Å². The Morgan fingerprint density at radius 1 is 1.09 bits per heavy atom. The fourth-order valence-electron chi connectivity index (χ4n) is 1.87. The number of methoxy groups -OCH3 is 1. The van der Waals surface area contributed by atoms with Crippen LogP contribution in [0.15, 0.2) is 24.3 Å². The van der Waals surface area contributed by atoms with Crippen molar-refractivity contribution in [2.75, 3.05) is 20.2 Å². The zero-order chi connectivity index (χ0) is 16.4. The van der Waals surface area contributed by atoms with Gasteiger partial charge in [-0.25, -0.2) is 4.79 Å². The number of carbonyl (C=O) groups excluding carboxylic acids is 1. The summed E-state index contributed by atoms with van der Waals surface area (Å²) < 4.78 is 10.2. The van der Waals surface area contributed by atoms with Crippen LogP contribution in [0.3, 0.4) is 0 Å². The lowest BCUT2D eigenvalue weighted by molar-refractivity contribution is 0.0527. The second-order valence-corrected chi connectivity index (χ2v) is 6.21. The quantitative estimate of drug-likeness (QED) is 0.725. The summed E-state index contributed by atoms with van der Waals surface area (Å²) in [6, 6.07) is 8.34. The van der Waals surface area contributed by atoms with E-state index >= 15 is 0 Å². The van der Waals surface area contributed by atoms with Crippen LogP contribution in [0.1, 0.15) is 38.3 Å². The number of carbonyl (C=O) groups is 1. The molecule has 0 spiro atoms. The van der Waals surface area contributed by atoms with Gasteiger partial charge in [-0.3, -0.25) is 0 Å². The highest BCUT2D eigenvalue weighted by Crippen LogP contribution is 2.06. The van der Waals surface area contributed by atoms with Crippen LogP contribution in [0.4, 0.5) is 4.79 Å². The lowest BCUT2D eigenvalue weighted by Gasteiger charge is -2.19. The van der Waals surface area contributed by atoms with Crippen LogP contribution in [-0.2, 0) is 22.6 Å². The van der Waals surface area contributed by atoms with E-state index in [0.29, 0.717) is 13.2 Å². The zero-order valence-corrected chi connectivity index (χ0v) is 14.1. The summed E-state index contributed by atoms with van der Waals surface area (Å²) in [4.78, 5) is 11.4. The van der Waals surface area contributed by atoms with Crippen LogP contribution in [0.5, 0.6) is 0 Å². The van der Waals surface area contributed by atoms with E-state index in [9.17, 15) is 4.79 Å². The second kappa shape index (κ2) is 9.43. The molecule has 124 valence electrons. The lowest BCUT2D eigenvalue weighted by atomic mass is 10.1. The van der Waals surface area contributed by atoms with Gasteiger partial charge in [-0.05, 0) is 44.9 Å². The molecule has 0 saturated carbocycles. The van der Waals surface area contributed by atoms with Gasteiger partial charge < -0.3 is 20.1 Å². The third kappa shape index (κ3) is 8.64. The van der Waals surface area contributed by atoms with Gasteiger partial charge in [0.2, 0.25) is 0 Å². The van der Waals surface area contributed by atoms with E-state index in [0.717, 1.165) is 19.5 Å². The summed E-state index contributed by atoms with van der Waals surface area (Å²) >= 11 is 0. The molecule has 0 atom stereocenters. The second-order valence-electron chi connectivity index (χ2n) is 6.21. The van der Waals surface area contributed by atoms with Crippen molar-refractivity contribution < 1.29 is 14.3 Å². The van der Waals surface area contributed by atoms with Crippen molar-refractivity contribution in [3.63, 3.8) is 0 Å². The molecule has 22 heavy (non-hydrogen) atoms. The van der Waals surface area contributed by atoms with E-state index in [1.807, 2.05) is 20.8 Å². The molecule has 5 heteroatoms. The molecule has 1 rings (SSSR count). The molecule has 0 bridgehead atoms. The zero-order valence-electron chi connectivity index (χ0n) is 14.1. The minimum atomic E-state index is -0.447. The molecule has 1 amide bonds. The maximum absolute atomic E-state index is 11.4. The topological polar surface area (TPSA) is 59.6 Å². The smallest absolute Gasteiger partial charge is 0.407 e. The predicted octanol–water partition coefficient (Wildman–Crippen LogP) is 2.84. The summed E-state index contributed by atoms with van der Waals surface area (Å²) in [6.07, 6.45) is 0.502. The van der Waals surface area contributed by atoms with Crippen LogP contribution < -0.4 is 10.6 Å². The first-order valence-corrected chi connectivity index (χ1v) is 7.65. The molecule has 0 fully saturated rings. The number of hydrogen-bond acceptors (Lipinski definition) is 4. The van der Waals surface area contributed by atoms with Crippen molar-refractivity contribution in [3.8, 4) is 0 Å². The Morgan fingerprint density at radius 3 is 2.32 bits per heavy atom. The Kier molecular flexibility index (Phi) is 7.91. The van der Waals surface area contributed by atoms with Gasteiger partial charge in [0.25, 0.3) is 0 Å². The van der Waals surface area contributed by atoms with Gasteiger partial charge in [-0.1, -0.05) is 24.3 Å². The summed E-state index contributed by atoms with van der Waals surface area (Å²) in [7, 11) is 1.70. The van der Waals surface area contributed by atoms with E-state index < -0.39 is 5.60 Å². The maximum Gasteiger partial charge on any atom is 0.407 e. The lowest BCUT2D eigenvalue weighted by Crippen LogP contribution is -2.33. The van der Waals surface area contributed by atoms with E-state index in [1.165, 1.54) is 11.1 Å². The Hall–Kier alpha value is -1.59. The van der Waals surface area contributed by atoms with Crippen molar-refractivity contribution in [2.45, 2.75) is 45.9 Å². The summed E-state index contributed by atoms with van der Waals surface area (Å²) in [5, 5.41) is 6.10. The first kappa shape index (κ1) is 18.5. The summed E-state index contributed by atoms with van der Waals surface area (Å²) in [5.74, 6) is 0. The van der Waals surface area contributed by atoms with E-state index in [4.69, 9.17) is 9.47 Å². The van der Waals surface area contributed by atoms with E-state index in [1.54, 1.807) is 7.11 Å². The summed E-state index contributed by atoms with van der Waals surface area (Å²) in [5.41, 5.74) is 1.96. The molecule has 0 radical (unpaired) electrons. The molecular formula is C17H28N2O3. The number of ether oxygens (including phenoxy) is 2. The van der Waals surface area contributed by atoms with Gasteiger partial charge in [0.05, 0.1) is 6.61 Å². The van der Waals surface area contributed by atoms with Gasteiger partial charge >= 0.3 is 6.09 Å². The standard InChI is InChI=1S/C17H28N2O3/c1-17(2,3)22-16(20)19-11-5-10-18-12-14-6-8-15(9-7-14)13-21-4/h6-9,18H,5,10-13H2,1-4H3,(H,19,20). The largest absolute Gasteiger partial charge is 0.444 e.